The predicted molar refractivity (Wildman–Crippen MR) is 84.6 cm³/mol. The molecule has 122 valence electrons. The highest BCUT2D eigenvalue weighted by molar-refractivity contribution is 5.82. The average Bonchev–Trinajstić information content (AvgIpc) is 3.07. The molecule has 6 nitrogen and oxygen atoms in total. The molecule has 6 heteroatoms. The Hall–Kier alpha value is -0.950. The van der Waals surface area contributed by atoms with Gasteiger partial charge in [-0.3, -0.25) is 4.79 Å². The van der Waals surface area contributed by atoms with Crippen molar-refractivity contribution < 1.29 is 4.79 Å². The predicted octanol–water partition coefficient (Wildman–Crippen LogP) is -0.00110. The fourth-order valence-electron chi connectivity index (χ4n) is 4.23. The molecule has 3 N–H and O–H groups in total. The molecule has 1 aliphatic carbocycles. The van der Waals surface area contributed by atoms with Gasteiger partial charge < -0.3 is 10.2 Å². The zero-order valence-electron chi connectivity index (χ0n) is 13.1. The smallest absolute Gasteiger partial charge is 0.240 e. The van der Waals surface area contributed by atoms with Crippen LogP contribution in [-0.2, 0) is 4.79 Å². The maximum atomic E-state index is 12.5. The second-order valence-corrected chi connectivity index (χ2v) is 7.09. The highest BCUT2D eigenvalue weighted by Gasteiger charge is 2.37. The van der Waals surface area contributed by atoms with Gasteiger partial charge in [-0.1, -0.05) is 12.2 Å². The Balaban J connectivity index is 1.30. The minimum atomic E-state index is -0.147. The van der Waals surface area contributed by atoms with Gasteiger partial charge in [0.05, 0.1) is 6.04 Å². The third-order valence-electron chi connectivity index (χ3n) is 5.62. The first-order valence-corrected chi connectivity index (χ1v) is 8.78. The van der Waals surface area contributed by atoms with Crippen LogP contribution in [0.5, 0.6) is 0 Å². The third kappa shape index (κ3) is 2.93. The molecule has 0 aromatic rings. The molecule has 0 saturated carbocycles. The van der Waals surface area contributed by atoms with E-state index in [9.17, 15) is 4.79 Å². The van der Waals surface area contributed by atoms with Gasteiger partial charge in [0.2, 0.25) is 5.91 Å². The lowest BCUT2D eigenvalue weighted by molar-refractivity contribution is -0.125. The molecule has 5 rings (SSSR count). The number of hydrogen-bond donors (Lipinski definition) is 3. The van der Waals surface area contributed by atoms with Crippen LogP contribution in [0.25, 0.3) is 0 Å². The summed E-state index contributed by atoms with van der Waals surface area (Å²) in [5, 5.41) is 5.31. The van der Waals surface area contributed by atoms with Crippen molar-refractivity contribution in [3.8, 4) is 0 Å². The summed E-state index contributed by atoms with van der Waals surface area (Å²) in [6.07, 6.45) is 10.5. The molecule has 4 saturated heterocycles. The van der Waals surface area contributed by atoms with Gasteiger partial charge in [-0.25, -0.2) is 10.9 Å². The third-order valence-corrected chi connectivity index (χ3v) is 5.62. The molecule has 2 bridgehead atoms. The Kier molecular flexibility index (Phi) is 4.17. The van der Waals surface area contributed by atoms with E-state index in [1.165, 1.54) is 38.8 Å². The number of amides is 1. The molecule has 4 fully saturated rings. The summed E-state index contributed by atoms with van der Waals surface area (Å²) in [6, 6.07) is 0.564. The largest absolute Gasteiger partial charge is 0.350 e. The summed E-state index contributed by atoms with van der Waals surface area (Å²) >= 11 is 0. The monoisotopic (exact) mass is 305 g/mol. The number of allylic oxidation sites excluding steroid dienone is 1. The van der Waals surface area contributed by atoms with E-state index in [2.05, 4.69) is 33.2 Å². The summed E-state index contributed by atoms with van der Waals surface area (Å²) in [6.45, 7) is 4.13. The van der Waals surface area contributed by atoms with E-state index < -0.39 is 0 Å². The zero-order valence-corrected chi connectivity index (χ0v) is 13.1. The van der Waals surface area contributed by atoms with E-state index in [4.69, 9.17) is 0 Å². The Morgan fingerprint density at radius 2 is 2.09 bits per heavy atom. The second kappa shape index (κ2) is 6.28. The van der Waals surface area contributed by atoms with Crippen molar-refractivity contribution in [2.45, 2.75) is 50.2 Å². The molecule has 1 amide bonds. The standard InChI is InChI=1S/C16H27N5O/c22-16(18-15-11-20-8-6-12(15)7-9-20)14-10-17-21(19-14)13-4-2-1-3-5-13/h2,4,12-15,17,19H,1,3,5-11H2,(H,18,22). The van der Waals surface area contributed by atoms with E-state index in [1.54, 1.807) is 0 Å². The molecular formula is C16H27N5O. The normalized spacial score (nSPS) is 41.7. The van der Waals surface area contributed by atoms with E-state index in [-0.39, 0.29) is 11.9 Å². The van der Waals surface area contributed by atoms with Crippen LogP contribution >= 0.6 is 0 Å². The fraction of sp³-hybridized carbons (Fsp3) is 0.812. The first-order chi connectivity index (χ1) is 10.8. The van der Waals surface area contributed by atoms with Gasteiger partial charge in [0.1, 0.15) is 6.04 Å². The summed E-state index contributed by atoms with van der Waals surface area (Å²) < 4.78 is 0. The summed E-state index contributed by atoms with van der Waals surface area (Å²) in [4.78, 5) is 15.0. The molecule has 0 spiro atoms. The van der Waals surface area contributed by atoms with Gasteiger partial charge in [0, 0.05) is 19.1 Å². The van der Waals surface area contributed by atoms with Gasteiger partial charge in [-0.15, -0.1) is 0 Å². The Bertz CT molecular complexity index is 446. The number of piperidine rings is 3. The van der Waals surface area contributed by atoms with Crippen LogP contribution in [0.15, 0.2) is 12.2 Å². The topological polar surface area (TPSA) is 59.6 Å². The van der Waals surface area contributed by atoms with Crippen LogP contribution in [0.2, 0.25) is 0 Å². The van der Waals surface area contributed by atoms with Crippen molar-refractivity contribution >= 4 is 5.91 Å². The molecule has 4 aliphatic heterocycles. The number of nitrogens with zero attached hydrogens (tertiary/aromatic N) is 2. The van der Waals surface area contributed by atoms with Gasteiger partial charge >= 0.3 is 0 Å². The minimum absolute atomic E-state index is 0.147. The summed E-state index contributed by atoms with van der Waals surface area (Å²) in [7, 11) is 0. The molecule has 22 heavy (non-hydrogen) atoms. The Morgan fingerprint density at radius 1 is 1.23 bits per heavy atom. The molecule has 0 radical (unpaired) electrons. The van der Waals surface area contributed by atoms with Gasteiger partial charge in [-0.05, 0) is 51.1 Å². The number of carbonyl (C=O) groups excluding carboxylic acids is 1. The molecular weight excluding hydrogens is 278 g/mol. The van der Waals surface area contributed by atoms with Crippen LogP contribution < -0.4 is 16.2 Å². The lowest BCUT2D eigenvalue weighted by Gasteiger charge is -2.45. The molecule has 0 aromatic heterocycles. The van der Waals surface area contributed by atoms with Crippen LogP contribution in [0.4, 0.5) is 0 Å². The number of hydrogen-bond acceptors (Lipinski definition) is 5. The van der Waals surface area contributed by atoms with E-state index >= 15 is 0 Å². The van der Waals surface area contributed by atoms with Gasteiger partial charge in [0.15, 0.2) is 0 Å². The van der Waals surface area contributed by atoms with E-state index in [0.717, 1.165) is 13.0 Å². The quantitative estimate of drug-likeness (QED) is 0.641. The maximum absolute atomic E-state index is 12.5. The van der Waals surface area contributed by atoms with Crippen molar-refractivity contribution in [3.63, 3.8) is 0 Å². The SMILES string of the molecule is O=C(NC1CN2CCC1CC2)C1CNN(C2C=CCCC2)N1. The van der Waals surface area contributed by atoms with Gasteiger partial charge in [0.25, 0.3) is 0 Å². The fourth-order valence-corrected chi connectivity index (χ4v) is 4.23. The Labute approximate surface area is 132 Å². The van der Waals surface area contributed by atoms with Crippen LogP contribution in [0, 0.1) is 5.92 Å². The second-order valence-electron chi connectivity index (χ2n) is 7.09. The van der Waals surface area contributed by atoms with Gasteiger partial charge in [-0.2, -0.15) is 5.12 Å². The van der Waals surface area contributed by atoms with Crippen molar-refractivity contribution in [1.82, 2.24) is 26.2 Å². The maximum Gasteiger partial charge on any atom is 0.240 e. The molecule has 0 aromatic carbocycles. The first kappa shape index (κ1) is 14.6. The zero-order chi connectivity index (χ0) is 14.9. The Morgan fingerprint density at radius 3 is 2.77 bits per heavy atom. The first-order valence-electron chi connectivity index (χ1n) is 8.78. The molecule has 3 unspecified atom stereocenters. The highest BCUT2D eigenvalue weighted by atomic mass is 16.2. The summed E-state index contributed by atoms with van der Waals surface area (Å²) in [5.74, 6) is 0.828. The van der Waals surface area contributed by atoms with Crippen LogP contribution in [-0.4, -0.2) is 60.2 Å². The number of carbonyl (C=O) groups is 1. The van der Waals surface area contributed by atoms with E-state index in [1.807, 2.05) is 5.12 Å². The minimum Gasteiger partial charge on any atom is -0.350 e. The van der Waals surface area contributed by atoms with Crippen molar-refractivity contribution in [3.05, 3.63) is 12.2 Å². The van der Waals surface area contributed by atoms with Crippen LogP contribution in [0.1, 0.15) is 32.1 Å². The molecule has 5 aliphatic rings. The van der Waals surface area contributed by atoms with Crippen molar-refractivity contribution in [1.29, 1.82) is 0 Å². The van der Waals surface area contributed by atoms with Crippen molar-refractivity contribution in [2.24, 2.45) is 5.92 Å². The lowest BCUT2D eigenvalue weighted by atomic mass is 9.84. The number of rotatable bonds is 3. The number of fused-ring (bicyclic) bond motifs is 3. The number of hydrazine groups is 2. The average molecular weight is 305 g/mol. The van der Waals surface area contributed by atoms with E-state index in [0.29, 0.717) is 24.5 Å². The molecule has 4 heterocycles. The number of nitrogens with one attached hydrogen (secondary N) is 3. The molecule has 3 atom stereocenters. The summed E-state index contributed by atoms with van der Waals surface area (Å²) in [5.41, 5.74) is 6.67. The van der Waals surface area contributed by atoms with Crippen LogP contribution in [0.3, 0.4) is 0 Å². The highest BCUT2D eigenvalue weighted by Crippen LogP contribution is 2.27. The van der Waals surface area contributed by atoms with Crippen molar-refractivity contribution in [2.75, 3.05) is 26.2 Å². The lowest BCUT2D eigenvalue weighted by Crippen LogP contribution is -2.60.